The molecule has 0 bridgehead atoms. The van der Waals surface area contributed by atoms with Gasteiger partial charge in [-0.15, -0.1) is 0 Å². The molecule has 0 aromatic carbocycles. The van der Waals surface area contributed by atoms with E-state index in [9.17, 15) is 0 Å². The van der Waals surface area contributed by atoms with Crippen molar-refractivity contribution < 1.29 is 294 Å². The summed E-state index contributed by atoms with van der Waals surface area (Å²) in [7, 11) is 0. The molecule has 0 aliphatic rings. The smallest absolute Gasteiger partial charge is 0 e. The van der Waals surface area contributed by atoms with E-state index in [1.165, 1.54) is 103 Å². The predicted molar refractivity (Wildman–Crippen MR) is 103 cm³/mol. The molecule has 0 aromatic rings. The maximum Gasteiger partial charge on any atom is 0 e. The van der Waals surface area contributed by atoms with Gasteiger partial charge in [-0.3, -0.25) is 0 Å². The van der Waals surface area contributed by atoms with Gasteiger partial charge in [0.05, 0.1) is 0 Å². The summed E-state index contributed by atoms with van der Waals surface area (Å²) in [4.78, 5) is 0. The van der Waals surface area contributed by atoms with Crippen molar-refractivity contribution in [1.29, 1.82) is 0 Å². The van der Waals surface area contributed by atoms with Gasteiger partial charge in [0.1, 0.15) is 0 Å². The minimum Gasteiger partial charge on any atom is -0.346 e. The van der Waals surface area contributed by atoms with E-state index in [-0.39, 0.29) is 294 Å². The van der Waals surface area contributed by atoms with Gasteiger partial charge in [-0.2, -0.15) is 6.42 Å². The molecule has 161 valence electrons. The first-order valence-electron chi connectivity index (χ1n) is 10.4. The van der Waals surface area contributed by atoms with Crippen LogP contribution < -0.4 is 0 Å². The minimum absolute atomic E-state index is 0. The Bertz CT molecular complexity index is 211. The van der Waals surface area contributed by atoms with Crippen LogP contribution in [0, 0.1) is 19.3 Å². The van der Waals surface area contributed by atoms with E-state index in [0.29, 0.717) is 0 Å². The Balaban J connectivity index is -0.0000000612. The molecule has 0 saturated heterocycles. The average Bonchev–Trinajstić information content (AvgIpc) is 2.52. The van der Waals surface area contributed by atoms with Crippen LogP contribution in [0.2, 0.25) is 0 Å². The molecule has 1 unspecified atom stereocenters. The van der Waals surface area contributed by atoms with Crippen LogP contribution in [-0.4, -0.2) is 0 Å². The molecule has 0 N–H and O–H groups in total. The van der Waals surface area contributed by atoms with Crippen LogP contribution >= 0.6 is 0 Å². The molecule has 9 radical (unpaired) electrons. The van der Waals surface area contributed by atoms with E-state index in [1.54, 1.807) is 0 Å². The number of rotatable bonds is 18. The predicted octanol–water partition coefficient (Wildman–Crippen LogP) is 8.29. The van der Waals surface area contributed by atoms with Crippen molar-refractivity contribution >= 4 is 0 Å². The summed E-state index contributed by atoms with van der Waals surface area (Å²) in [5.74, 6) is 0.888. The second kappa shape index (κ2) is 63.3. The van der Waals surface area contributed by atoms with Crippen LogP contribution in [0.25, 0.3) is 0 Å². The van der Waals surface area contributed by atoms with E-state index in [1.807, 2.05) is 0 Å². The van der Waals surface area contributed by atoms with Crippen molar-refractivity contribution in [3.8, 4) is 0 Å². The summed E-state index contributed by atoms with van der Waals surface area (Å²) < 4.78 is 0. The van der Waals surface area contributed by atoms with Crippen molar-refractivity contribution in [2.45, 2.75) is 123 Å². The third kappa shape index (κ3) is 64.1. The number of hydrogen-bond donors (Lipinski definition) is 0. The molecule has 31 heavy (non-hydrogen) atoms. The molecule has 0 aromatic heterocycles. The Morgan fingerprint density at radius 2 is 0.871 bits per heavy atom. The SMILES string of the molecule is [CH2-]CC[CH-]CC(C)CCCCCCCCCCCCCCC.[Y].[Y].[Y].[Y].[Y].[Y].[Y].[Y].[Y]. The Labute approximate surface area is 425 Å². The molecule has 0 fully saturated rings. The van der Waals surface area contributed by atoms with Crippen molar-refractivity contribution in [3.63, 3.8) is 0 Å². The number of hydrogen-bond acceptors (Lipinski definition) is 0. The van der Waals surface area contributed by atoms with Gasteiger partial charge in [-0.25, -0.2) is 12.8 Å². The van der Waals surface area contributed by atoms with E-state index < -0.39 is 0 Å². The van der Waals surface area contributed by atoms with Crippen LogP contribution in [0.1, 0.15) is 123 Å². The van der Waals surface area contributed by atoms with Gasteiger partial charge >= 0.3 is 0 Å². The summed E-state index contributed by atoms with van der Waals surface area (Å²) in [5, 5.41) is 0. The molecular weight excluding hydrogens is 1060 g/mol. The molecule has 0 aliphatic heterocycles. The molecule has 9 heteroatoms. The van der Waals surface area contributed by atoms with Crippen molar-refractivity contribution in [3.05, 3.63) is 13.3 Å². The van der Waals surface area contributed by atoms with Gasteiger partial charge < -0.3 is 13.3 Å². The normalized spacial score (nSPS) is 9.00. The second-order valence-electron chi connectivity index (χ2n) is 7.30. The summed E-state index contributed by atoms with van der Waals surface area (Å²) in [6.45, 7) is 8.59. The van der Waals surface area contributed by atoms with Crippen LogP contribution in [0.5, 0.6) is 0 Å². The third-order valence-corrected chi connectivity index (χ3v) is 4.78. The van der Waals surface area contributed by atoms with Gasteiger partial charge in [0.25, 0.3) is 0 Å². The van der Waals surface area contributed by atoms with E-state index in [2.05, 4.69) is 27.2 Å². The standard InChI is InChI=1S/C22H44.9Y/c1-4-6-8-9-10-11-12-13-14-15-16-17-19-21-22(3)20-18-7-5-2;;;;;;;;;/h18,22H,2,4-17,19-21H2,1,3H3;;;;;;;;;/q-2;;;;;;;;;. The Morgan fingerprint density at radius 3 is 1.19 bits per heavy atom. The van der Waals surface area contributed by atoms with Gasteiger partial charge in [-0.05, 0) is 0 Å². The maximum atomic E-state index is 3.89. The summed E-state index contributed by atoms with van der Waals surface area (Å²) in [6.07, 6.45) is 26.4. The largest absolute Gasteiger partial charge is 0.346 e. The zero-order valence-electron chi connectivity index (χ0n) is 21.1. The molecule has 1 atom stereocenters. The summed E-state index contributed by atoms with van der Waals surface area (Å²) >= 11 is 0. The Morgan fingerprint density at radius 1 is 0.548 bits per heavy atom. The zero-order valence-corrected chi connectivity index (χ0v) is 46.6. The third-order valence-electron chi connectivity index (χ3n) is 4.78. The van der Waals surface area contributed by atoms with Gasteiger partial charge in [-0.1, -0.05) is 110 Å². The average molecular weight is 1110 g/mol. The van der Waals surface area contributed by atoms with Crippen molar-refractivity contribution in [2.75, 3.05) is 0 Å². The van der Waals surface area contributed by atoms with Crippen LogP contribution in [-0.2, 0) is 294 Å². The summed E-state index contributed by atoms with van der Waals surface area (Å²) in [5.41, 5.74) is 0. The quantitative estimate of drug-likeness (QED) is 0.0959. The molecule has 0 aliphatic carbocycles. The van der Waals surface area contributed by atoms with Crippen molar-refractivity contribution in [2.24, 2.45) is 5.92 Å². The Hall–Kier alpha value is 9.94. The fraction of sp³-hybridized carbons (Fsp3) is 0.909. The van der Waals surface area contributed by atoms with E-state index in [0.717, 1.165) is 12.3 Å². The van der Waals surface area contributed by atoms with Gasteiger partial charge in [0, 0.05) is 294 Å². The monoisotopic (exact) mass is 1110 g/mol. The fourth-order valence-corrected chi connectivity index (χ4v) is 3.18. The van der Waals surface area contributed by atoms with E-state index in [4.69, 9.17) is 0 Å². The molecule has 0 spiro atoms. The second-order valence-corrected chi connectivity index (χ2v) is 7.30. The molecule has 0 saturated carbocycles. The van der Waals surface area contributed by atoms with Crippen molar-refractivity contribution in [1.82, 2.24) is 0 Å². The van der Waals surface area contributed by atoms with Crippen LogP contribution in [0.3, 0.4) is 0 Å². The van der Waals surface area contributed by atoms with E-state index >= 15 is 0 Å². The topological polar surface area (TPSA) is 0 Å². The molecule has 0 amide bonds. The maximum absolute atomic E-state index is 3.89. The Kier molecular flexibility index (Phi) is 139. The zero-order chi connectivity index (χ0) is 16.3. The van der Waals surface area contributed by atoms with Gasteiger partial charge in [0.2, 0.25) is 0 Å². The molecule has 0 rings (SSSR count). The van der Waals surface area contributed by atoms with Crippen LogP contribution in [0.4, 0.5) is 0 Å². The molecule has 0 nitrogen and oxygen atoms in total. The first kappa shape index (κ1) is 68.2. The van der Waals surface area contributed by atoms with Crippen LogP contribution in [0.15, 0.2) is 0 Å². The first-order chi connectivity index (χ1) is 10.8. The summed E-state index contributed by atoms with van der Waals surface area (Å²) in [6, 6.07) is 0. The number of unbranched alkanes of at least 4 members (excludes halogenated alkanes) is 14. The van der Waals surface area contributed by atoms with Gasteiger partial charge in [0.15, 0.2) is 0 Å². The molecular formula is C22H44Y9-2. The minimum atomic E-state index is 0. The first-order valence-corrected chi connectivity index (χ1v) is 10.4. The molecule has 0 heterocycles. The fourth-order valence-electron chi connectivity index (χ4n) is 3.18.